The summed E-state index contributed by atoms with van der Waals surface area (Å²) in [4.78, 5) is 52.3. The first kappa shape index (κ1) is 67.4. The van der Waals surface area contributed by atoms with Crippen molar-refractivity contribution in [1.29, 1.82) is 0 Å². The number of ether oxygens (including phenoxy) is 9. The molecule has 0 fully saturated rings. The van der Waals surface area contributed by atoms with Gasteiger partial charge in [0, 0.05) is 57.6 Å². The molecule has 0 amide bonds. The van der Waals surface area contributed by atoms with Crippen LogP contribution in [0.25, 0.3) is 11.3 Å². The fourth-order valence-electron chi connectivity index (χ4n) is 4.46. The zero-order valence-corrected chi connectivity index (χ0v) is 42.1. The number of aromatic nitrogens is 1. The van der Waals surface area contributed by atoms with Crippen LogP contribution in [0.5, 0.6) is 0 Å². The Morgan fingerprint density at radius 1 is 0.530 bits per heavy atom. The summed E-state index contributed by atoms with van der Waals surface area (Å²) in [6, 6.07) is 10.2. The molecule has 66 heavy (non-hydrogen) atoms. The van der Waals surface area contributed by atoms with Gasteiger partial charge in [-0.2, -0.15) is 0 Å². The molecule has 1 heterocycles. The molecule has 0 saturated heterocycles. The molecule has 16 nitrogen and oxygen atoms in total. The number of nitrogens with zero attached hydrogens (tertiary/aromatic N) is 1. The second kappa shape index (κ2) is 54.1. The molecule has 1 aromatic carbocycles. The van der Waals surface area contributed by atoms with E-state index in [4.69, 9.17) is 23.5 Å². The van der Waals surface area contributed by atoms with Crippen molar-refractivity contribution in [3.05, 3.63) is 67.0 Å². The fourth-order valence-corrected chi connectivity index (χ4v) is 4.46. The van der Waals surface area contributed by atoms with Gasteiger partial charge in [0.05, 0.1) is 47.8 Å². The molecule has 0 atom stereocenters. The number of methoxy groups -OCH3 is 5. The quantitative estimate of drug-likeness (QED) is 0.0355. The van der Waals surface area contributed by atoms with Crippen molar-refractivity contribution < 1.29 is 71.1 Å². The van der Waals surface area contributed by atoms with E-state index in [1.165, 1.54) is 58.7 Å². The minimum Gasteiger partial charge on any atom is -0.469 e. The van der Waals surface area contributed by atoms with E-state index in [1.807, 2.05) is 32.0 Å². The van der Waals surface area contributed by atoms with Gasteiger partial charge < -0.3 is 47.2 Å². The monoisotopic (exact) mass is 940 g/mol. The lowest BCUT2D eigenvalue weighted by Gasteiger charge is -2.03. The van der Waals surface area contributed by atoms with Crippen LogP contribution in [-0.2, 0) is 57.0 Å². The molecular weight excluding hydrogens is 855 g/mol. The highest BCUT2D eigenvalue weighted by molar-refractivity contribution is 5.81. The van der Waals surface area contributed by atoms with Gasteiger partial charge in [0.15, 0.2) is 0 Å². The van der Waals surface area contributed by atoms with Crippen molar-refractivity contribution in [3.8, 4) is 11.3 Å². The van der Waals surface area contributed by atoms with Gasteiger partial charge in [-0.15, -0.1) is 0 Å². The lowest BCUT2D eigenvalue weighted by atomic mass is 10.1. The summed E-state index contributed by atoms with van der Waals surface area (Å²) in [6.45, 7) is 20.1. The van der Waals surface area contributed by atoms with Gasteiger partial charge in [-0.3, -0.25) is 4.79 Å². The average Bonchev–Trinajstić information content (AvgIpc) is 3.78. The number of aryl methyl sites for hydroxylation is 2. The van der Waals surface area contributed by atoms with Crippen LogP contribution in [0.1, 0.15) is 135 Å². The van der Waals surface area contributed by atoms with Crippen LogP contribution in [0.3, 0.4) is 0 Å². The molecule has 0 aliphatic carbocycles. The highest BCUT2D eigenvalue weighted by Crippen LogP contribution is 2.18. The maximum Gasteiger partial charge on any atom is 0.507 e. The van der Waals surface area contributed by atoms with Crippen LogP contribution in [-0.4, -0.2) is 111 Å². The number of hydrogen-bond donors (Lipinski definition) is 0. The van der Waals surface area contributed by atoms with Gasteiger partial charge in [-0.1, -0.05) is 114 Å². The number of unbranched alkanes of at least 4 members (excludes halogenated alkanes) is 10. The Morgan fingerprint density at radius 3 is 1.33 bits per heavy atom. The largest absolute Gasteiger partial charge is 0.507 e. The second-order valence-electron chi connectivity index (χ2n) is 14.1. The van der Waals surface area contributed by atoms with Gasteiger partial charge in [0.1, 0.15) is 11.5 Å². The summed E-state index contributed by atoms with van der Waals surface area (Å²) in [5.41, 5.74) is 3.25. The SMILES string of the molecule is C=CC(=O)OCCCCCCOC.C=CC(=O)OCCCCOC(=O)OC.CCCCCC(=O)OC.CCCCCCOC.CCCCOC(=O)OC.Cc1ccc(-c2cc(C)on2)cc1. The molecular formula is C50H85NO15. The molecule has 0 saturated carbocycles. The predicted octanol–water partition coefficient (Wildman–Crippen LogP) is 11.7. The van der Waals surface area contributed by atoms with Gasteiger partial charge in [-0.25, -0.2) is 19.2 Å². The molecule has 380 valence electrons. The van der Waals surface area contributed by atoms with Crippen molar-refractivity contribution >= 4 is 30.2 Å². The van der Waals surface area contributed by atoms with E-state index in [2.05, 4.69) is 74.9 Å². The van der Waals surface area contributed by atoms with Gasteiger partial charge in [0.2, 0.25) is 0 Å². The highest BCUT2D eigenvalue weighted by atomic mass is 16.7. The van der Waals surface area contributed by atoms with Crippen LogP contribution in [0.2, 0.25) is 0 Å². The molecule has 0 unspecified atom stereocenters. The van der Waals surface area contributed by atoms with Crippen LogP contribution in [0, 0.1) is 13.8 Å². The summed E-state index contributed by atoms with van der Waals surface area (Å²) >= 11 is 0. The Hall–Kier alpha value is -5.22. The average molecular weight is 940 g/mol. The van der Waals surface area contributed by atoms with E-state index in [1.54, 1.807) is 14.2 Å². The van der Waals surface area contributed by atoms with Crippen LogP contribution in [0.15, 0.2) is 60.2 Å². The zero-order valence-electron chi connectivity index (χ0n) is 42.1. The number of esters is 3. The number of carbonyl (C=O) groups is 5. The summed E-state index contributed by atoms with van der Waals surface area (Å²) in [6.07, 6.45) is 17.4. The molecule has 0 aliphatic rings. The molecule has 0 N–H and O–H groups in total. The van der Waals surface area contributed by atoms with E-state index < -0.39 is 18.3 Å². The van der Waals surface area contributed by atoms with Crippen molar-refractivity contribution in [1.82, 2.24) is 5.16 Å². The van der Waals surface area contributed by atoms with E-state index in [0.717, 1.165) is 94.1 Å². The van der Waals surface area contributed by atoms with Crippen LogP contribution >= 0.6 is 0 Å². The van der Waals surface area contributed by atoms with Crippen molar-refractivity contribution in [2.45, 2.75) is 137 Å². The molecule has 0 aliphatic heterocycles. The maximum absolute atomic E-state index is 10.6. The van der Waals surface area contributed by atoms with Crippen LogP contribution in [0.4, 0.5) is 9.59 Å². The smallest absolute Gasteiger partial charge is 0.469 e. The van der Waals surface area contributed by atoms with E-state index in [0.29, 0.717) is 39.1 Å². The Bertz CT molecular complexity index is 1420. The van der Waals surface area contributed by atoms with Gasteiger partial charge in [0.25, 0.3) is 0 Å². The minimum atomic E-state index is -0.701. The molecule has 1 aromatic heterocycles. The van der Waals surface area contributed by atoms with E-state index >= 15 is 0 Å². The number of carbonyl (C=O) groups excluding carboxylic acids is 5. The highest BCUT2D eigenvalue weighted by Gasteiger charge is 2.03. The maximum atomic E-state index is 10.6. The van der Waals surface area contributed by atoms with Crippen LogP contribution < -0.4 is 0 Å². The van der Waals surface area contributed by atoms with Crippen molar-refractivity contribution in [3.63, 3.8) is 0 Å². The third-order valence-corrected chi connectivity index (χ3v) is 8.26. The Morgan fingerprint density at radius 2 is 0.939 bits per heavy atom. The van der Waals surface area contributed by atoms with Gasteiger partial charge >= 0.3 is 30.2 Å². The first-order chi connectivity index (χ1) is 31.8. The summed E-state index contributed by atoms with van der Waals surface area (Å²) in [5, 5.41) is 3.94. The molecule has 2 aromatic rings. The lowest BCUT2D eigenvalue weighted by Crippen LogP contribution is -2.07. The Kier molecular flexibility index (Phi) is 55.2. The second-order valence-corrected chi connectivity index (χ2v) is 14.1. The molecule has 0 spiro atoms. The van der Waals surface area contributed by atoms with Gasteiger partial charge in [-0.05, 0) is 65.2 Å². The number of rotatable bonds is 27. The topological polar surface area (TPSA) is 194 Å². The number of hydrogen-bond acceptors (Lipinski definition) is 16. The molecule has 2 rings (SSSR count). The van der Waals surface area contributed by atoms with Crippen molar-refractivity contribution in [2.24, 2.45) is 0 Å². The fraction of sp³-hybridized carbons (Fsp3) is 0.640. The Labute approximate surface area is 396 Å². The minimum absolute atomic E-state index is 0.0940. The molecule has 0 radical (unpaired) electrons. The first-order valence-corrected chi connectivity index (χ1v) is 22.9. The van der Waals surface area contributed by atoms with E-state index in [-0.39, 0.29) is 18.5 Å². The summed E-state index contributed by atoms with van der Waals surface area (Å²) in [7, 11) is 7.43. The zero-order chi connectivity index (χ0) is 50.5. The standard InChI is InChI=1S/C11H11NO.C10H18O3.C9H14O5.C7H14O2.C7H16O.C6H12O3/c1-8-3-5-10(6-4-8)11-7-9(2)13-12-11;1-3-10(11)13-9-7-5-4-6-8-12-2;1-3-8(10)13-6-4-5-7-14-9(11)12-2;1-3-4-5-6-7(8)9-2;1-3-4-5-6-7-8-2;1-3-4-5-9-6(7)8-2/h3-7H,1-2H3;3H,1,4-9H2,2H3;3H,1,4-7H2,2H3;3-6H2,1-2H3;3-7H2,1-2H3;3-5H2,1-2H3. The van der Waals surface area contributed by atoms with E-state index in [9.17, 15) is 24.0 Å². The summed E-state index contributed by atoms with van der Waals surface area (Å²) in [5.74, 6) is -0.0326. The Balaban J connectivity index is -0.000000354. The van der Waals surface area contributed by atoms with Crippen molar-refractivity contribution in [2.75, 3.05) is 75.2 Å². The predicted molar refractivity (Wildman–Crippen MR) is 257 cm³/mol. The lowest BCUT2D eigenvalue weighted by molar-refractivity contribution is -0.141. The normalized spacial score (nSPS) is 9.42. The summed E-state index contributed by atoms with van der Waals surface area (Å²) < 4.78 is 46.4. The number of benzene rings is 1. The molecule has 16 heteroatoms. The third-order valence-electron chi connectivity index (χ3n) is 8.26. The third kappa shape index (κ3) is 53.1. The first-order valence-electron chi connectivity index (χ1n) is 22.9. The molecule has 0 bridgehead atoms.